The largest absolute Gasteiger partial charge is 0.394 e. The summed E-state index contributed by atoms with van der Waals surface area (Å²) >= 11 is 7.21. The Hall–Kier alpha value is -0.440. The molecule has 4 atom stereocenters. The van der Waals surface area contributed by atoms with Gasteiger partial charge in [0, 0.05) is 4.88 Å². The van der Waals surface area contributed by atoms with Crippen LogP contribution >= 0.6 is 22.9 Å². The normalized spacial score (nSPS) is 32.5. The lowest BCUT2D eigenvalue weighted by Gasteiger charge is -2.37. The van der Waals surface area contributed by atoms with Crippen molar-refractivity contribution in [3.63, 3.8) is 0 Å². The molecule has 2 rings (SSSR count). The number of aliphatic hydroxyl groups is 3. The number of hydrogen-bond acceptors (Lipinski definition) is 7. The van der Waals surface area contributed by atoms with Gasteiger partial charge < -0.3 is 25.4 Å². The van der Waals surface area contributed by atoms with Gasteiger partial charge in [0.15, 0.2) is 5.13 Å². The molecule has 0 saturated carbocycles. The molecule has 4 N–H and O–H groups in total. The molecule has 0 radical (unpaired) electrons. The van der Waals surface area contributed by atoms with Crippen molar-refractivity contribution in [2.24, 2.45) is 0 Å². The predicted octanol–water partition coefficient (Wildman–Crippen LogP) is -0.00168. The fourth-order valence-corrected chi connectivity index (χ4v) is 2.79. The fraction of sp³-hybridized carbons (Fsp3) is 0.700. The van der Waals surface area contributed by atoms with E-state index in [1.165, 1.54) is 11.3 Å². The van der Waals surface area contributed by atoms with Crippen molar-refractivity contribution in [1.29, 1.82) is 0 Å². The molecule has 1 saturated heterocycles. The van der Waals surface area contributed by atoms with Crippen LogP contribution in [-0.4, -0.2) is 57.9 Å². The van der Waals surface area contributed by atoms with E-state index in [9.17, 15) is 10.2 Å². The van der Waals surface area contributed by atoms with Crippen LogP contribution in [0.2, 0.25) is 5.15 Å². The predicted molar refractivity (Wildman–Crippen MR) is 68.1 cm³/mol. The molecular weight excluding hydrogens is 280 g/mol. The fourth-order valence-electron chi connectivity index (χ4n) is 1.77. The van der Waals surface area contributed by atoms with E-state index in [1.807, 2.05) is 6.92 Å². The van der Waals surface area contributed by atoms with E-state index in [4.69, 9.17) is 21.4 Å². The van der Waals surface area contributed by atoms with E-state index >= 15 is 0 Å². The van der Waals surface area contributed by atoms with Crippen LogP contribution in [0.4, 0.5) is 5.13 Å². The Morgan fingerprint density at radius 1 is 1.50 bits per heavy atom. The van der Waals surface area contributed by atoms with Gasteiger partial charge in [-0.2, -0.15) is 0 Å². The van der Waals surface area contributed by atoms with Crippen LogP contribution < -0.4 is 5.32 Å². The van der Waals surface area contributed by atoms with Crippen LogP contribution in [0, 0.1) is 6.92 Å². The highest BCUT2D eigenvalue weighted by Gasteiger charge is 2.38. The van der Waals surface area contributed by atoms with Gasteiger partial charge in [-0.25, -0.2) is 4.98 Å². The van der Waals surface area contributed by atoms with E-state index < -0.39 is 24.4 Å². The van der Waals surface area contributed by atoms with Crippen molar-refractivity contribution >= 4 is 28.1 Å². The lowest BCUT2D eigenvalue weighted by Crippen LogP contribution is -2.56. The summed E-state index contributed by atoms with van der Waals surface area (Å²) in [6, 6.07) is -0.482. The van der Waals surface area contributed by atoms with Crippen molar-refractivity contribution < 1.29 is 20.1 Å². The molecular formula is C10H15ClN2O4S. The summed E-state index contributed by atoms with van der Waals surface area (Å²) in [6.45, 7) is 1.70. The van der Waals surface area contributed by atoms with Crippen LogP contribution in [0.5, 0.6) is 0 Å². The highest BCUT2D eigenvalue weighted by Crippen LogP contribution is 2.27. The SMILES string of the molecule is Cc1sc(N[C@H]2CO[C@H](CO)[C@H](O)[C@@H]2O)nc1Cl. The van der Waals surface area contributed by atoms with Crippen molar-refractivity contribution in [3.8, 4) is 0 Å². The zero-order valence-electron chi connectivity index (χ0n) is 9.71. The number of halogens is 1. The summed E-state index contributed by atoms with van der Waals surface area (Å²) < 4.78 is 5.25. The number of aliphatic hydroxyl groups excluding tert-OH is 3. The lowest BCUT2D eigenvalue weighted by atomic mass is 9.99. The molecule has 0 unspecified atom stereocenters. The molecule has 1 fully saturated rings. The Bertz CT molecular complexity index is 397. The zero-order chi connectivity index (χ0) is 13.3. The minimum absolute atomic E-state index is 0.180. The van der Waals surface area contributed by atoms with Crippen LogP contribution in [0.25, 0.3) is 0 Å². The summed E-state index contributed by atoms with van der Waals surface area (Å²) in [6.07, 6.45) is -2.91. The van der Waals surface area contributed by atoms with E-state index in [2.05, 4.69) is 10.3 Å². The molecule has 1 aromatic rings. The van der Waals surface area contributed by atoms with Gasteiger partial charge >= 0.3 is 0 Å². The standard InChI is InChI=1S/C10H15ClN2O4S/c1-4-9(11)13-10(18-4)12-5-3-17-6(2-14)8(16)7(5)15/h5-8,14-16H,2-3H2,1H3,(H,12,13)/t5-,6+,7+,8-/m0/s1. The molecule has 2 heterocycles. The lowest BCUT2D eigenvalue weighted by molar-refractivity contribution is -0.152. The quantitative estimate of drug-likeness (QED) is 0.627. The maximum Gasteiger partial charge on any atom is 0.184 e. The first-order valence-electron chi connectivity index (χ1n) is 5.51. The summed E-state index contributed by atoms with van der Waals surface area (Å²) in [5.74, 6) is 0. The highest BCUT2D eigenvalue weighted by atomic mass is 35.5. The Kier molecular flexibility index (Phi) is 4.41. The van der Waals surface area contributed by atoms with Gasteiger partial charge in [-0.15, -0.1) is 11.3 Å². The smallest absolute Gasteiger partial charge is 0.184 e. The monoisotopic (exact) mass is 294 g/mol. The van der Waals surface area contributed by atoms with Crippen LogP contribution in [-0.2, 0) is 4.74 Å². The molecule has 0 amide bonds. The zero-order valence-corrected chi connectivity index (χ0v) is 11.3. The Balaban J connectivity index is 2.02. The number of hydrogen-bond donors (Lipinski definition) is 4. The maximum atomic E-state index is 9.92. The van der Waals surface area contributed by atoms with Crippen molar-refractivity contribution in [1.82, 2.24) is 4.98 Å². The summed E-state index contributed by atoms with van der Waals surface area (Å²) in [5.41, 5.74) is 0. The van der Waals surface area contributed by atoms with E-state index in [0.29, 0.717) is 10.3 Å². The van der Waals surface area contributed by atoms with E-state index in [1.54, 1.807) is 0 Å². The maximum absolute atomic E-state index is 9.92. The molecule has 0 aliphatic carbocycles. The number of nitrogens with zero attached hydrogens (tertiary/aromatic N) is 1. The van der Waals surface area contributed by atoms with Gasteiger partial charge in [0.05, 0.1) is 19.3 Å². The Morgan fingerprint density at radius 2 is 2.22 bits per heavy atom. The summed E-state index contributed by atoms with van der Waals surface area (Å²) in [7, 11) is 0. The molecule has 1 aromatic heterocycles. The van der Waals surface area contributed by atoms with Gasteiger partial charge in [-0.1, -0.05) is 11.6 Å². The van der Waals surface area contributed by atoms with Gasteiger partial charge in [0.25, 0.3) is 0 Å². The van der Waals surface area contributed by atoms with Crippen molar-refractivity contribution in [2.45, 2.75) is 31.3 Å². The average Bonchev–Trinajstić information content (AvgIpc) is 2.65. The third-order valence-corrected chi connectivity index (χ3v) is 4.24. The van der Waals surface area contributed by atoms with Gasteiger partial charge in [-0.05, 0) is 6.92 Å². The molecule has 8 heteroatoms. The van der Waals surface area contributed by atoms with Crippen LogP contribution in [0.1, 0.15) is 4.88 Å². The molecule has 102 valence electrons. The number of aryl methyl sites for hydroxylation is 1. The van der Waals surface area contributed by atoms with E-state index in [-0.39, 0.29) is 13.2 Å². The number of rotatable bonds is 3. The van der Waals surface area contributed by atoms with Crippen LogP contribution in [0.15, 0.2) is 0 Å². The van der Waals surface area contributed by atoms with Gasteiger partial charge in [0.2, 0.25) is 0 Å². The third kappa shape index (κ3) is 2.76. The van der Waals surface area contributed by atoms with Crippen molar-refractivity contribution in [3.05, 3.63) is 10.0 Å². The first-order valence-corrected chi connectivity index (χ1v) is 6.70. The summed E-state index contributed by atoms with van der Waals surface area (Å²) in [4.78, 5) is 4.95. The number of anilines is 1. The third-order valence-electron chi connectivity index (χ3n) is 2.86. The van der Waals surface area contributed by atoms with Crippen LogP contribution in [0.3, 0.4) is 0 Å². The molecule has 0 aromatic carbocycles. The number of nitrogens with one attached hydrogen (secondary N) is 1. The second-order valence-electron chi connectivity index (χ2n) is 4.15. The number of thiazole rings is 1. The van der Waals surface area contributed by atoms with Crippen molar-refractivity contribution in [2.75, 3.05) is 18.5 Å². The summed E-state index contributed by atoms with van der Waals surface area (Å²) in [5, 5.41) is 32.6. The second-order valence-corrected chi connectivity index (χ2v) is 5.71. The highest BCUT2D eigenvalue weighted by molar-refractivity contribution is 7.16. The Morgan fingerprint density at radius 3 is 2.78 bits per heavy atom. The molecule has 18 heavy (non-hydrogen) atoms. The molecule has 0 spiro atoms. The average molecular weight is 295 g/mol. The Labute approximate surface area is 113 Å². The number of ether oxygens (including phenoxy) is 1. The van der Waals surface area contributed by atoms with E-state index in [0.717, 1.165) is 4.88 Å². The number of aromatic nitrogens is 1. The minimum atomic E-state index is -1.13. The minimum Gasteiger partial charge on any atom is -0.394 e. The molecule has 0 bridgehead atoms. The first-order chi connectivity index (χ1) is 8.52. The van der Waals surface area contributed by atoms with Gasteiger partial charge in [0.1, 0.15) is 23.5 Å². The molecule has 1 aliphatic heterocycles. The topological polar surface area (TPSA) is 94.8 Å². The second kappa shape index (κ2) is 5.68. The van der Waals surface area contributed by atoms with Gasteiger partial charge in [-0.3, -0.25) is 0 Å². The molecule has 6 nitrogen and oxygen atoms in total. The first kappa shape index (κ1) is 14.0. The molecule has 1 aliphatic rings.